The van der Waals surface area contributed by atoms with E-state index in [2.05, 4.69) is 5.16 Å². The van der Waals surface area contributed by atoms with E-state index >= 15 is 0 Å². The standard InChI is InChI=1S/C11H7NO4S/c13-11(14)9-4-7(12-16-9)6-1-2-8-10(3-6)17-5-15-8/h1-4H,5H2,(H,13,14). The van der Waals surface area contributed by atoms with Gasteiger partial charge in [0.05, 0.1) is 4.90 Å². The summed E-state index contributed by atoms with van der Waals surface area (Å²) in [7, 11) is 0. The van der Waals surface area contributed by atoms with Gasteiger partial charge in [0, 0.05) is 11.6 Å². The zero-order chi connectivity index (χ0) is 11.8. The SMILES string of the molecule is O=C(O)c1cc(-c2ccc3c(c2)SCO3)no1. The molecular formula is C11H7NO4S. The van der Waals surface area contributed by atoms with Crippen molar-refractivity contribution in [1.29, 1.82) is 0 Å². The monoisotopic (exact) mass is 249 g/mol. The van der Waals surface area contributed by atoms with E-state index in [4.69, 9.17) is 14.4 Å². The Bertz CT molecular complexity index is 593. The fraction of sp³-hybridized carbons (Fsp3) is 0.0909. The predicted octanol–water partition coefficient (Wildman–Crippen LogP) is 2.48. The second kappa shape index (κ2) is 3.81. The molecule has 0 bridgehead atoms. The van der Waals surface area contributed by atoms with Gasteiger partial charge >= 0.3 is 5.97 Å². The lowest BCUT2D eigenvalue weighted by molar-refractivity contribution is 0.0652. The molecule has 86 valence electrons. The molecule has 0 spiro atoms. The fourth-order valence-electron chi connectivity index (χ4n) is 1.57. The first kappa shape index (κ1) is 10.2. The van der Waals surface area contributed by atoms with Gasteiger partial charge in [0.2, 0.25) is 5.76 Å². The van der Waals surface area contributed by atoms with Gasteiger partial charge in [-0.2, -0.15) is 0 Å². The number of carboxylic acid groups (broad SMARTS) is 1. The maximum absolute atomic E-state index is 10.7. The number of hydrogen-bond acceptors (Lipinski definition) is 5. The quantitative estimate of drug-likeness (QED) is 0.881. The Hall–Kier alpha value is -1.95. The number of nitrogens with zero attached hydrogens (tertiary/aromatic N) is 1. The molecule has 1 aliphatic rings. The van der Waals surface area contributed by atoms with E-state index in [-0.39, 0.29) is 5.76 Å². The highest BCUT2D eigenvalue weighted by Crippen LogP contribution is 2.38. The minimum atomic E-state index is -1.12. The van der Waals surface area contributed by atoms with E-state index in [9.17, 15) is 4.79 Å². The fourth-order valence-corrected chi connectivity index (χ4v) is 2.36. The summed E-state index contributed by atoms with van der Waals surface area (Å²) in [6.07, 6.45) is 0. The minimum Gasteiger partial charge on any atom is -0.481 e. The highest BCUT2D eigenvalue weighted by atomic mass is 32.2. The van der Waals surface area contributed by atoms with Gasteiger partial charge in [0.25, 0.3) is 0 Å². The number of carboxylic acids is 1. The average Bonchev–Trinajstić information content (AvgIpc) is 2.97. The van der Waals surface area contributed by atoms with E-state index in [1.165, 1.54) is 6.07 Å². The Balaban J connectivity index is 2.00. The second-order valence-corrected chi connectivity index (χ2v) is 4.41. The Morgan fingerprint density at radius 1 is 1.41 bits per heavy atom. The van der Waals surface area contributed by atoms with Crippen molar-refractivity contribution in [2.75, 3.05) is 5.94 Å². The highest BCUT2D eigenvalue weighted by Gasteiger charge is 2.16. The lowest BCUT2D eigenvalue weighted by Gasteiger charge is -1.99. The van der Waals surface area contributed by atoms with E-state index in [0.29, 0.717) is 11.6 Å². The van der Waals surface area contributed by atoms with E-state index in [0.717, 1.165) is 16.2 Å². The molecule has 0 fully saturated rings. The third kappa shape index (κ3) is 1.76. The number of ether oxygens (including phenoxy) is 1. The summed E-state index contributed by atoms with van der Waals surface area (Å²) in [5.74, 6) is 0.172. The van der Waals surface area contributed by atoms with E-state index in [1.807, 2.05) is 18.2 Å². The van der Waals surface area contributed by atoms with E-state index < -0.39 is 5.97 Å². The summed E-state index contributed by atoms with van der Waals surface area (Å²) in [4.78, 5) is 11.7. The first-order valence-corrected chi connectivity index (χ1v) is 5.82. The molecule has 0 unspecified atom stereocenters. The summed E-state index contributed by atoms with van der Waals surface area (Å²) >= 11 is 1.59. The number of hydrogen-bond donors (Lipinski definition) is 1. The maximum Gasteiger partial charge on any atom is 0.374 e. The van der Waals surface area contributed by atoms with Crippen LogP contribution in [0.15, 0.2) is 33.7 Å². The van der Waals surface area contributed by atoms with Crippen molar-refractivity contribution in [2.45, 2.75) is 4.90 Å². The maximum atomic E-state index is 10.7. The zero-order valence-corrected chi connectivity index (χ0v) is 9.36. The molecule has 5 nitrogen and oxygen atoms in total. The first-order chi connectivity index (χ1) is 8.24. The Morgan fingerprint density at radius 3 is 3.06 bits per heavy atom. The Labute approximate surface area is 100 Å². The molecule has 0 saturated carbocycles. The van der Waals surface area contributed by atoms with Crippen LogP contribution in [0, 0.1) is 0 Å². The number of rotatable bonds is 2. The largest absolute Gasteiger partial charge is 0.481 e. The van der Waals surface area contributed by atoms with Crippen molar-refractivity contribution in [3.63, 3.8) is 0 Å². The van der Waals surface area contributed by atoms with Gasteiger partial charge in [-0.05, 0) is 18.2 Å². The van der Waals surface area contributed by atoms with Crippen LogP contribution in [0.25, 0.3) is 11.3 Å². The van der Waals surface area contributed by atoms with Crippen molar-refractivity contribution < 1.29 is 19.2 Å². The van der Waals surface area contributed by atoms with Gasteiger partial charge in [0.1, 0.15) is 17.4 Å². The molecule has 0 saturated heterocycles. The van der Waals surface area contributed by atoms with Crippen LogP contribution < -0.4 is 4.74 Å². The van der Waals surface area contributed by atoms with Crippen LogP contribution in [0.4, 0.5) is 0 Å². The minimum absolute atomic E-state index is 0.163. The Kier molecular flexibility index (Phi) is 2.29. The number of carbonyl (C=O) groups is 1. The molecule has 1 N–H and O–H groups in total. The number of fused-ring (bicyclic) bond motifs is 1. The molecule has 3 rings (SSSR count). The summed E-state index contributed by atoms with van der Waals surface area (Å²) < 4.78 is 10.1. The van der Waals surface area contributed by atoms with Crippen molar-refractivity contribution in [2.24, 2.45) is 0 Å². The molecule has 0 radical (unpaired) electrons. The second-order valence-electron chi connectivity index (χ2n) is 3.45. The van der Waals surface area contributed by atoms with Crippen molar-refractivity contribution in [3.05, 3.63) is 30.0 Å². The molecule has 2 aromatic rings. The van der Waals surface area contributed by atoms with Crippen molar-refractivity contribution in [3.8, 4) is 17.0 Å². The topological polar surface area (TPSA) is 72.6 Å². The normalized spacial score (nSPS) is 13.2. The smallest absolute Gasteiger partial charge is 0.374 e. The summed E-state index contributed by atoms with van der Waals surface area (Å²) in [6, 6.07) is 7.00. The average molecular weight is 249 g/mol. The van der Waals surface area contributed by atoms with Crippen LogP contribution in [-0.2, 0) is 0 Å². The van der Waals surface area contributed by atoms with Gasteiger partial charge in [0.15, 0.2) is 0 Å². The molecule has 0 aliphatic carbocycles. The molecule has 0 amide bonds. The summed E-state index contributed by atoms with van der Waals surface area (Å²) in [5, 5.41) is 12.5. The summed E-state index contributed by atoms with van der Waals surface area (Å²) in [5.41, 5.74) is 1.33. The van der Waals surface area contributed by atoms with Gasteiger partial charge in [-0.1, -0.05) is 16.9 Å². The lowest BCUT2D eigenvalue weighted by atomic mass is 10.1. The van der Waals surface area contributed by atoms with Crippen molar-refractivity contribution >= 4 is 17.7 Å². The van der Waals surface area contributed by atoms with Crippen LogP contribution in [0.1, 0.15) is 10.6 Å². The highest BCUT2D eigenvalue weighted by molar-refractivity contribution is 7.99. The van der Waals surface area contributed by atoms with Gasteiger partial charge < -0.3 is 14.4 Å². The van der Waals surface area contributed by atoms with Crippen LogP contribution in [0.5, 0.6) is 5.75 Å². The van der Waals surface area contributed by atoms with Crippen molar-refractivity contribution in [1.82, 2.24) is 5.16 Å². The molecule has 1 aromatic heterocycles. The van der Waals surface area contributed by atoms with Crippen LogP contribution in [-0.4, -0.2) is 22.2 Å². The lowest BCUT2D eigenvalue weighted by Crippen LogP contribution is -1.91. The van der Waals surface area contributed by atoms with Gasteiger partial charge in [-0.25, -0.2) is 4.79 Å². The molecule has 2 heterocycles. The van der Waals surface area contributed by atoms with Gasteiger partial charge in [-0.3, -0.25) is 0 Å². The molecular weight excluding hydrogens is 242 g/mol. The third-order valence-electron chi connectivity index (χ3n) is 2.39. The number of thioether (sulfide) groups is 1. The van der Waals surface area contributed by atoms with Gasteiger partial charge in [-0.15, -0.1) is 0 Å². The predicted molar refractivity (Wildman–Crippen MR) is 60.3 cm³/mol. The molecule has 6 heteroatoms. The molecule has 1 aliphatic heterocycles. The number of aromatic carboxylic acids is 1. The third-order valence-corrected chi connectivity index (χ3v) is 3.26. The molecule has 1 aromatic carbocycles. The first-order valence-electron chi connectivity index (χ1n) is 4.84. The molecule has 17 heavy (non-hydrogen) atoms. The van der Waals surface area contributed by atoms with Crippen LogP contribution >= 0.6 is 11.8 Å². The zero-order valence-electron chi connectivity index (χ0n) is 8.54. The van der Waals surface area contributed by atoms with Crippen LogP contribution in [0.3, 0.4) is 0 Å². The number of aromatic nitrogens is 1. The van der Waals surface area contributed by atoms with E-state index in [1.54, 1.807) is 11.8 Å². The van der Waals surface area contributed by atoms with Crippen LogP contribution in [0.2, 0.25) is 0 Å². The molecule has 0 atom stereocenters. The Morgan fingerprint density at radius 2 is 2.29 bits per heavy atom. The number of benzene rings is 1. The summed E-state index contributed by atoms with van der Waals surface area (Å²) in [6.45, 7) is 0.